The number of benzene rings is 2. The van der Waals surface area contributed by atoms with Gasteiger partial charge in [-0.15, -0.1) is 0 Å². The second-order valence-corrected chi connectivity index (χ2v) is 6.21. The van der Waals surface area contributed by atoms with Crippen LogP contribution in [0.1, 0.15) is 18.0 Å². The van der Waals surface area contributed by atoms with Crippen LogP contribution in [0.5, 0.6) is 0 Å². The number of halogens is 1. The van der Waals surface area contributed by atoms with Gasteiger partial charge < -0.3 is 5.32 Å². The maximum absolute atomic E-state index is 13.1. The predicted molar refractivity (Wildman–Crippen MR) is 96.3 cm³/mol. The van der Waals surface area contributed by atoms with E-state index in [9.17, 15) is 14.0 Å². The lowest BCUT2D eigenvalue weighted by atomic mass is 10.1. The van der Waals surface area contributed by atoms with Crippen molar-refractivity contribution in [2.75, 3.05) is 5.32 Å². The molecule has 1 aliphatic rings. The second-order valence-electron chi connectivity index (χ2n) is 6.21. The molecule has 1 aromatic heterocycles. The maximum atomic E-state index is 13.1. The highest BCUT2D eigenvalue weighted by molar-refractivity contribution is 5.95. The van der Waals surface area contributed by atoms with E-state index in [0.29, 0.717) is 24.1 Å². The fourth-order valence-corrected chi connectivity index (χ4v) is 3.16. The van der Waals surface area contributed by atoms with E-state index in [-0.39, 0.29) is 17.3 Å². The molecule has 0 bridgehead atoms. The highest BCUT2D eigenvalue weighted by Gasteiger charge is 2.26. The number of fused-ring (bicyclic) bond motifs is 1. The Morgan fingerprint density at radius 3 is 2.58 bits per heavy atom. The van der Waals surface area contributed by atoms with Gasteiger partial charge in [0, 0.05) is 17.3 Å². The van der Waals surface area contributed by atoms with Crippen molar-refractivity contribution in [2.24, 2.45) is 0 Å². The first-order valence-electron chi connectivity index (χ1n) is 8.36. The van der Waals surface area contributed by atoms with Gasteiger partial charge in [0.1, 0.15) is 11.9 Å². The minimum absolute atomic E-state index is 0.263. The minimum atomic E-state index is -0.699. The van der Waals surface area contributed by atoms with Crippen molar-refractivity contribution in [1.82, 2.24) is 9.78 Å². The van der Waals surface area contributed by atoms with Crippen LogP contribution in [0.2, 0.25) is 0 Å². The van der Waals surface area contributed by atoms with Gasteiger partial charge in [0.15, 0.2) is 0 Å². The molecule has 1 atom stereocenters. The number of carbonyl (C=O) groups is 1. The molecule has 0 saturated heterocycles. The van der Waals surface area contributed by atoms with Crippen LogP contribution in [-0.2, 0) is 11.2 Å². The zero-order chi connectivity index (χ0) is 18.1. The molecule has 0 aliphatic carbocycles. The summed E-state index contributed by atoms with van der Waals surface area (Å²) in [5, 5.41) is 7.25. The lowest BCUT2D eigenvalue weighted by molar-refractivity contribution is -0.119. The van der Waals surface area contributed by atoms with Gasteiger partial charge in [-0.3, -0.25) is 9.59 Å². The average molecular weight is 349 g/mol. The number of hydrogen-bond acceptors (Lipinski definition) is 3. The summed E-state index contributed by atoms with van der Waals surface area (Å²) in [7, 11) is 0. The van der Waals surface area contributed by atoms with Crippen molar-refractivity contribution in [1.29, 1.82) is 0 Å². The maximum Gasteiger partial charge on any atom is 0.267 e. The van der Waals surface area contributed by atoms with Crippen LogP contribution in [0.25, 0.3) is 11.3 Å². The van der Waals surface area contributed by atoms with Crippen LogP contribution in [0.15, 0.2) is 65.5 Å². The summed E-state index contributed by atoms with van der Waals surface area (Å²) in [5.74, 6) is -0.608. The molecule has 0 radical (unpaired) electrons. The van der Waals surface area contributed by atoms with Crippen molar-refractivity contribution < 1.29 is 9.18 Å². The molecule has 0 fully saturated rings. The summed E-state index contributed by atoms with van der Waals surface area (Å²) in [4.78, 5) is 25.0. The standard InChI is InChI=1S/C20H16FN3O2/c21-15-8-5-14(6-9-15)17-10-12-19(25)24(23-17)18-11-7-13-3-1-2-4-16(13)22-20(18)26/h1-6,8-10,12,18H,7,11H2,(H,22,26)/t18-/m1/s1. The third-order valence-corrected chi connectivity index (χ3v) is 4.53. The van der Waals surface area contributed by atoms with Gasteiger partial charge in [-0.25, -0.2) is 9.07 Å². The number of aromatic nitrogens is 2. The lowest BCUT2D eigenvalue weighted by Gasteiger charge is -2.16. The Balaban J connectivity index is 1.71. The summed E-state index contributed by atoms with van der Waals surface area (Å²) in [6.45, 7) is 0. The molecule has 0 saturated carbocycles. The Hall–Kier alpha value is -3.28. The first-order chi connectivity index (χ1) is 12.6. The SMILES string of the molecule is O=C1Nc2ccccc2CC[C@H]1n1nc(-c2ccc(F)cc2)ccc1=O. The quantitative estimate of drug-likeness (QED) is 0.773. The van der Waals surface area contributed by atoms with E-state index >= 15 is 0 Å². The van der Waals surface area contributed by atoms with E-state index in [4.69, 9.17) is 0 Å². The Morgan fingerprint density at radius 1 is 1.00 bits per heavy atom. The van der Waals surface area contributed by atoms with E-state index in [1.807, 2.05) is 24.3 Å². The zero-order valence-electron chi connectivity index (χ0n) is 13.9. The molecule has 4 rings (SSSR count). The summed E-state index contributed by atoms with van der Waals surface area (Å²) < 4.78 is 14.4. The number of amides is 1. The molecule has 0 spiro atoms. The van der Waals surface area contributed by atoms with Gasteiger partial charge in [0.2, 0.25) is 5.91 Å². The summed E-state index contributed by atoms with van der Waals surface area (Å²) in [5.41, 5.74) is 2.65. The highest BCUT2D eigenvalue weighted by atomic mass is 19.1. The normalized spacial score (nSPS) is 16.5. The molecular weight excluding hydrogens is 333 g/mol. The molecule has 1 amide bonds. The zero-order valence-corrected chi connectivity index (χ0v) is 13.9. The fraction of sp³-hybridized carbons (Fsp3) is 0.150. The van der Waals surface area contributed by atoms with E-state index in [1.54, 1.807) is 18.2 Å². The number of rotatable bonds is 2. The molecular formula is C20H16FN3O2. The van der Waals surface area contributed by atoms with Crippen molar-refractivity contribution >= 4 is 11.6 Å². The van der Waals surface area contributed by atoms with Gasteiger partial charge in [0.25, 0.3) is 5.56 Å². The minimum Gasteiger partial charge on any atom is -0.324 e. The smallest absolute Gasteiger partial charge is 0.267 e. The number of nitrogens with one attached hydrogen (secondary N) is 1. The van der Waals surface area contributed by atoms with E-state index < -0.39 is 6.04 Å². The number of para-hydroxylation sites is 1. The molecule has 5 nitrogen and oxygen atoms in total. The van der Waals surface area contributed by atoms with E-state index in [2.05, 4.69) is 10.4 Å². The van der Waals surface area contributed by atoms with E-state index in [0.717, 1.165) is 11.3 Å². The predicted octanol–water partition coefficient (Wildman–Crippen LogP) is 3.18. The molecule has 2 aromatic carbocycles. The Morgan fingerprint density at radius 2 is 1.77 bits per heavy atom. The monoisotopic (exact) mass is 349 g/mol. The first kappa shape index (κ1) is 16.2. The number of aryl methyl sites for hydroxylation is 1. The van der Waals surface area contributed by atoms with Crippen molar-refractivity contribution in [3.63, 3.8) is 0 Å². The number of carbonyl (C=O) groups excluding carboxylic acids is 1. The Bertz CT molecular complexity index is 1030. The lowest BCUT2D eigenvalue weighted by Crippen LogP contribution is -2.34. The third-order valence-electron chi connectivity index (χ3n) is 4.53. The molecule has 0 unspecified atom stereocenters. The molecule has 3 aromatic rings. The van der Waals surface area contributed by atoms with Crippen LogP contribution in [0.4, 0.5) is 10.1 Å². The Kier molecular flexibility index (Phi) is 4.08. The van der Waals surface area contributed by atoms with Crippen LogP contribution in [0.3, 0.4) is 0 Å². The third kappa shape index (κ3) is 3.01. The number of hydrogen-bond donors (Lipinski definition) is 1. The molecule has 1 N–H and O–H groups in total. The van der Waals surface area contributed by atoms with E-state index in [1.165, 1.54) is 22.9 Å². The van der Waals surface area contributed by atoms with Crippen molar-refractivity contribution in [3.05, 3.63) is 82.4 Å². The van der Waals surface area contributed by atoms with Gasteiger partial charge in [-0.1, -0.05) is 18.2 Å². The van der Waals surface area contributed by atoms with Gasteiger partial charge in [-0.2, -0.15) is 5.10 Å². The molecule has 26 heavy (non-hydrogen) atoms. The summed E-state index contributed by atoms with van der Waals surface area (Å²) in [6.07, 6.45) is 1.14. The van der Waals surface area contributed by atoms with Crippen LogP contribution < -0.4 is 10.9 Å². The topological polar surface area (TPSA) is 64.0 Å². The van der Waals surface area contributed by atoms with Crippen molar-refractivity contribution in [2.45, 2.75) is 18.9 Å². The fourth-order valence-electron chi connectivity index (χ4n) is 3.16. The van der Waals surface area contributed by atoms with Crippen LogP contribution in [0, 0.1) is 5.82 Å². The van der Waals surface area contributed by atoms with Gasteiger partial charge in [0.05, 0.1) is 5.69 Å². The molecule has 2 heterocycles. The second kappa shape index (κ2) is 6.55. The number of anilines is 1. The van der Waals surface area contributed by atoms with Gasteiger partial charge >= 0.3 is 0 Å². The van der Waals surface area contributed by atoms with Gasteiger partial charge in [-0.05, 0) is 54.8 Å². The molecule has 6 heteroatoms. The summed E-state index contributed by atoms with van der Waals surface area (Å²) >= 11 is 0. The van der Waals surface area contributed by atoms with Crippen LogP contribution >= 0.6 is 0 Å². The van der Waals surface area contributed by atoms with Crippen molar-refractivity contribution in [3.8, 4) is 11.3 Å². The van der Waals surface area contributed by atoms with Crippen LogP contribution in [-0.4, -0.2) is 15.7 Å². The largest absolute Gasteiger partial charge is 0.324 e. The average Bonchev–Trinajstić information content (AvgIpc) is 2.81. The molecule has 1 aliphatic heterocycles. The summed E-state index contributed by atoms with van der Waals surface area (Å²) in [6, 6.07) is 15.7. The first-order valence-corrected chi connectivity index (χ1v) is 8.36. The Labute approximate surface area is 149 Å². The molecule has 130 valence electrons. The number of nitrogens with zero attached hydrogens (tertiary/aromatic N) is 2. The highest BCUT2D eigenvalue weighted by Crippen LogP contribution is 2.26.